The van der Waals surface area contributed by atoms with Crippen molar-refractivity contribution < 1.29 is 23.7 Å². The van der Waals surface area contributed by atoms with E-state index < -0.39 is 5.97 Å². The average molecular weight is 370 g/mol. The highest BCUT2D eigenvalue weighted by atomic mass is 16.5. The molecular formula is C22H26O5. The molecule has 144 valence electrons. The fourth-order valence-corrected chi connectivity index (χ4v) is 2.39. The van der Waals surface area contributed by atoms with E-state index in [1.54, 1.807) is 26.2 Å². The first-order valence-electron chi connectivity index (χ1n) is 8.93. The van der Waals surface area contributed by atoms with Gasteiger partial charge in [0, 0.05) is 6.08 Å². The smallest absolute Gasteiger partial charge is 0.330 e. The van der Waals surface area contributed by atoms with Crippen LogP contribution in [0.5, 0.6) is 17.2 Å². The largest absolute Gasteiger partial charge is 0.493 e. The number of carbonyl (C=O) groups is 1. The normalized spacial score (nSPS) is 10.9. The predicted molar refractivity (Wildman–Crippen MR) is 105 cm³/mol. The molecule has 0 radical (unpaired) electrons. The topological polar surface area (TPSA) is 54.0 Å². The van der Waals surface area contributed by atoms with Gasteiger partial charge in [-0.1, -0.05) is 30.3 Å². The first-order valence-corrected chi connectivity index (χ1v) is 8.93. The van der Waals surface area contributed by atoms with E-state index in [2.05, 4.69) is 0 Å². The minimum atomic E-state index is -0.397. The van der Waals surface area contributed by atoms with Crippen LogP contribution in [0.1, 0.15) is 31.9 Å². The monoisotopic (exact) mass is 370 g/mol. The zero-order valence-corrected chi connectivity index (χ0v) is 16.2. The van der Waals surface area contributed by atoms with Crippen molar-refractivity contribution in [2.45, 2.75) is 33.5 Å². The number of methoxy groups -OCH3 is 1. The summed E-state index contributed by atoms with van der Waals surface area (Å²) < 4.78 is 22.3. The zero-order valence-electron chi connectivity index (χ0n) is 16.2. The van der Waals surface area contributed by atoms with Crippen molar-refractivity contribution >= 4 is 12.0 Å². The number of hydrogen-bond donors (Lipinski definition) is 0. The van der Waals surface area contributed by atoms with Crippen molar-refractivity contribution in [3.05, 3.63) is 59.7 Å². The van der Waals surface area contributed by atoms with Gasteiger partial charge in [-0.25, -0.2) is 4.79 Å². The second-order valence-corrected chi connectivity index (χ2v) is 6.08. The quantitative estimate of drug-likeness (QED) is 0.475. The molecule has 2 aromatic carbocycles. The molecule has 0 saturated heterocycles. The zero-order chi connectivity index (χ0) is 19.6. The summed E-state index contributed by atoms with van der Waals surface area (Å²) in [6.07, 6.45) is 3.00. The standard InChI is InChI=1S/C22H26O5/c1-5-25-21(23)12-11-18-13-19(24-4)22(27-16(2)3)20(14-18)26-15-17-9-7-6-8-10-17/h6-14,16H,5,15H2,1-4H3/b12-11+. The molecular weight excluding hydrogens is 344 g/mol. The highest BCUT2D eigenvalue weighted by Gasteiger charge is 2.16. The van der Waals surface area contributed by atoms with E-state index in [4.69, 9.17) is 18.9 Å². The fraction of sp³-hybridized carbons (Fsp3) is 0.318. The first kappa shape index (κ1) is 20.4. The Bertz CT molecular complexity index is 766. The Morgan fingerprint density at radius 1 is 1.11 bits per heavy atom. The molecule has 0 atom stereocenters. The summed E-state index contributed by atoms with van der Waals surface area (Å²) in [6, 6.07) is 13.5. The molecule has 0 aliphatic rings. The Labute approximate surface area is 160 Å². The summed E-state index contributed by atoms with van der Waals surface area (Å²) in [4.78, 5) is 11.6. The van der Waals surface area contributed by atoms with Crippen molar-refractivity contribution in [3.63, 3.8) is 0 Å². The number of rotatable bonds is 9. The Balaban J connectivity index is 2.33. The molecule has 5 heteroatoms. The molecule has 2 rings (SSSR count). The van der Waals surface area contributed by atoms with Crippen LogP contribution < -0.4 is 14.2 Å². The molecule has 2 aromatic rings. The predicted octanol–water partition coefficient (Wildman–Crippen LogP) is 4.64. The van der Waals surface area contributed by atoms with Crippen LogP contribution in [0, 0.1) is 0 Å². The van der Waals surface area contributed by atoms with Crippen LogP contribution in [0.25, 0.3) is 6.08 Å². The summed E-state index contributed by atoms with van der Waals surface area (Å²) in [6.45, 7) is 6.37. The minimum absolute atomic E-state index is 0.0427. The van der Waals surface area contributed by atoms with Gasteiger partial charge >= 0.3 is 5.97 Å². The summed E-state index contributed by atoms with van der Waals surface area (Å²) in [5.41, 5.74) is 1.79. The van der Waals surface area contributed by atoms with E-state index in [1.807, 2.05) is 50.2 Å². The summed E-state index contributed by atoms with van der Waals surface area (Å²) in [5, 5.41) is 0. The molecule has 27 heavy (non-hydrogen) atoms. The van der Waals surface area contributed by atoms with E-state index in [0.29, 0.717) is 30.5 Å². The molecule has 0 bridgehead atoms. The first-order chi connectivity index (χ1) is 13.0. The van der Waals surface area contributed by atoms with Crippen LogP contribution >= 0.6 is 0 Å². The number of benzene rings is 2. The lowest BCUT2D eigenvalue weighted by Gasteiger charge is -2.18. The van der Waals surface area contributed by atoms with Gasteiger partial charge in [0.25, 0.3) is 0 Å². The molecule has 0 aliphatic carbocycles. The number of carbonyl (C=O) groups excluding carboxylic acids is 1. The molecule has 0 amide bonds. The summed E-state index contributed by atoms with van der Waals surface area (Å²) >= 11 is 0. The molecule has 0 unspecified atom stereocenters. The maximum absolute atomic E-state index is 11.6. The van der Waals surface area contributed by atoms with Gasteiger partial charge in [0.05, 0.1) is 19.8 Å². The van der Waals surface area contributed by atoms with Crippen LogP contribution in [0.2, 0.25) is 0 Å². The van der Waals surface area contributed by atoms with E-state index >= 15 is 0 Å². The summed E-state index contributed by atoms with van der Waals surface area (Å²) in [7, 11) is 1.57. The van der Waals surface area contributed by atoms with Crippen molar-refractivity contribution in [1.82, 2.24) is 0 Å². The molecule has 0 aliphatic heterocycles. The second kappa shape index (κ2) is 10.3. The third kappa shape index (κ3) is 6.37. The van der Waals surface area contributed by atoms with E-state index in [0.717, 1.165) is 11.1 Å². The highest BCUT2D eigenvalue weighted by molar-refractivity contribution is 5.87. The molecule has 0 fully saturated rings. The maximum Gasteiger partial charge on any atom is 0.330 e. The van der Waals surface area contributed by atoms with Crippen LogP contribution in [-0.2, 0) is 16.1 Å². The molecule has 0 heterocycles. The molecule has 0 N–H and O–H groups in total. The van der Waals surface area contributed by atoms with E-state index in [9.17, 15) is 4.79 Å². The Kier molecular flexibility index (Phi) is 7.74. The lowest BCUT2D eigenvalue weighted by Crippen LogP contribution is -2.09. The van der Waals surface area contributed by atoms with E-state index in [-0.39, 0.29) is 6.10 Å². The summed E-state index contributed by atoms with van der Waals surface area (Å²) in [5.74, 6) is 1.23. The number of hydrogen-bond acceptors (Lipinski definition) is 5. The van der Waals surface area contributed by atoms with Gasteiger partial charge in [-0.3, -0.25) is 0 Å². The van der Waals surface area contributed by atoms with Crippen LogP contribution in [0.15, 0.2) is 48.5 Å². The Morgan fingerprint density at radius 2 is 1.81 bits per heavy atom. The van der Waals surface area contributed by atoms with Crippen LogP contribution in [0.3, 0.4) is 0 Å². The molecule has 0 saturated carbocycles. The van der Waals surface area contributed by atoms with Crippen molar-refractivity contribution in [2.75, 3.05) is 13.7 Å². The molecule has 0 aromatic heterocycles. The van der Waals surface area contributed by atoms with Gasteiger partial charge in [0.1, 0.15) is 6.61 Å². The fourth-order valence-electron chi connectivity index (χ4n) is 2.39. The van der Waals surface area contributed by atoms with Gasteiger partial charge in [-0.15, -0.1) is 0 Å². The van der Waals surface area contributed by atoms with Gasteiger partial charge in [-0.05, 0) is 50.1 Å². The maximum atomic E-state index is 11.6. The van der Waals surface area contributed by atoms with Crippen molar-refractivity contribution in [1.29, 1.82) is 0 Å². The average Bonchev–Trinajstić information content (AvgIpc) is 2.66. The van der Waals surface area contributed by atoms with E-state index in [1.165, 1.54) is 6.08 Å². The molecule has 0 spiro atoms. The Hall–Kier alpha value is -2.95. The lowest BCUT2D eigenvalue weighted by atomic mass is 10.1. The van der Waals surface area contributed by atoms with Crippen molar-refractivity contribution in [3.8, 4) is 17.2 Å². The van der Waals surface area contributed by atoms with Gasteiger partial charge in [0.2, 0.25) is 5.75 Å². The van der Waals surface area contributed by atoms with Crippen LogP contribution in [0.4, 0.5) is 0 Å². The van der Waals surface area contributed by atoms with Crippen LogP contribution in [-0.4, -0.2) is 25.8 Å². The minimum Gasteiger partial charge on any atom is -0.493 e. The van der Waals surface area contributed by atoms with Gasteiger partial charge < -0.3 is 18.9 Å². The third-order valence-electron chi connectivity index (χ3n) is 3.55. The Morgan fingerprint density at radius 3 is 2.44 bits per heavy atom. The lowest BCUT2D eigenvalue weighted by molar-refractivity contribution is -0.137. The second-order valence-electron chi connectivity index (χ2n) is 6.08. The SMILES string of the molecule is CCOC(=O)/C=C/c1cc(OC)c(OC(C)C)c(OCc2ccccc2)c1. The highest BCUT2D eigenvalue weighted by Crippen LogP contribution is 2.40. The third-order valence-corrected chi connectivity index (χ3v) is 3.55. The van der Waals surface area contributed by atoms with Crippen molar-refractivity contribution in [2.24, 2.45) is 0 Å². The van der Waals surface area contributed by atoms with Gasteiger partial charge in [-0.2, -0.15) is 0 Å². The number of ether oxygens (including phenoxy) is 4. The van der Waals surface area contributed by atoms with Gasteiger partial charge in [0.15, 0.2) is 11.5 Å². The molecule has 5 nitrogen and oxygen atoms in total. The number of esters is 1.